The molecule has 0 saturated carbocycles. The normalized spacial score (nSPS) is 17.8. The summed E-state index contributed by atoms with van der Waals surface area (Å²) in [5, 5.41) is 0.568. The largest absolute Gasteiger partial charge is 0.356 e. The fourth-order valence-corrected chi connectivity index (χ4v) is 3.51. The van der Waals surface area contributed by atoms with Gasteiger partial charge in [-0.05, 0) is 24.6 Å². The predicted molar refractivity (Wildman–Crippen MR) is 95.3 cm³/mol. The smallest absolute Gasteiger partial charge is 0.142 e. The molecule has 0 radical (unpaired) electrons. The molecule has 0 N–H and O–H groups in total. The number of aryl methyl sites for hydroxylation is 1. The van der Waals surface area contributed by atoms with Crippen LogP contribution < -0.4 is 4.90 Å². The zero-order chi connectivity index (χ0) is 16.7. The third-order valence-electron chi connectivity index (χ3n) is 4.70. The molecule has 4 rings (SSSR count). The molecule has 4 nitrogen and oxygen atoms in total. The molecule has 1 aromatic carbocycles. The van der Waals surface area contributed by atoms with E-state index in [4.69, 9.17) is 16.6 Å². The first-order valence-electron chi connectivity index (χ1n) is 8.05. The van der Waals surface area contributed by atoms with Crippen LogP contribution in [0.3, 0.4) is 0 Å². The standard InChI is InChI=1S/C18H18ClFN4/c1-23-16-5-3-2-4-15(16)22-18(23)13-8-17(21-10-14(13)19)24-7-6-12(9-20)11-24/h2-5,8,10,12H,6-7,9,11H2,1H3. The van der Waals surface area contributed by atoms with Crippen molar-refractivity contribution in [3.63, 3.8) is 0 Å². The number of benzene rings is 1. The van der Waals surface area contributed by atoms with Crippen molar-refractivity contribution in [2.45, 2.75) is 6.42 Å². The summed E-state index contributed by atoms with van der Waals surface area (Å²) >= 11 is 6.40. The van der Waals surface area contributed by atoms with Crippen molar-refractivity contribution in [2.24, 2.45) is 13.0 Å². The lowest BCUT2D eigenvalue weighted by atomic mass is 10.1. The molecule has 6 heteroatoms. The summed E-state index contributed by atoms with van der Waals surface area (Å²) in [4.78, 5) is 11.3. The summed E-state index contributed by atoms with van der Waals surface area (Å²) in [6, 6.07) is 9.95. The lowest BCUT2D eigenvalue weighted by Crippen LogP contribution is -2.21. The van der Waals surface area contributed by atoms with Crippen LogP contribution in [0.15, 0.2) is 36.5 Å². The van der Waals surface area contributed by atoms with Crippen molar-refractivity contribution >= 4 is 28.5 Å². The van der Waals surface area contributed by atoms with Crippen LogP contribution in [0.5, 0.6) is 0 Å². The van der Waals surface area contributed by atoms with Crippen LogP contribution >= 0.6 is 11.6 Å². The summed E-state index contributed by atoms with van der Waals surface area (Å²) < 4.78 is 14.9. The fraction of sp³-hybridized carbons (Fsp3) is 0.333. The van der Waals surface area contributed by atoms with Gasteiger partial charge in [0.1, 0.15) is 11.6 Å². The lowest BCUT2D eigenvalue weighted by Gasteiger charge is -2.18. The van der Waals surface area contributed by atoms with Crippen LogP contribution in [0, 0.1) is 5.92 Å². The highest BCUT2D eigenvalue weighted by atomic mass is 35.5. The predicted octanol–water partition coefficient (Wildman–Crippen LogP) is 4.08. The Morgan fingerprint density at radius 1 is 1.33 bits per heavy atom. The maximum absolute atomic E-state index is 12.9. The monoisotopic (exact) mass is 344 g/mol. The van der Waals surface area contributed by atoms with Gasteiger partial charge in [-0.3, -0.25) is 4.39 Å². The average Bonchev–Trinajstić information content (AvgIpc) is 3.21. The van der Waals surface area contributed by atoms with E-state index in [2.05, 4.69) is 9.88 Å². The summed E-state index contributed by atoms with van der Waals surface area (Å²) in [7, 11) is 1.98. The summed E-state index contributed by atoms with van der Waals surface area (Å²) in [6.07, 6.45) is 2.52. The first-order chi connectivity index (χ1) is 11.7. The third kappa shape index (κ3) is 2.53. The molecular formula is C18H18ClFN4. The van der Waals surface area contributed by atoms with E-state index in [1.807, 2.05) is 41.9 Å². The number of rotatable bonds is 3. The summed E-state index contributed by atoms with van der Waals surface area (Å²) in [5.74, 6) is 1.74. The highest BCUT2D eigenvalue weighted by Crippen LogP contribution is 2.33. The second kappa shape index (κ2) is 6.06. The minimum Gasteiger partial charge on any atom is -0.356 e. The number of halogens is 2. The Morgan fingerprint density at radius 3 is 2.92 bits per heavy atom. The minimum atomic E-state index is -0.276. The van der Waals surface area contributed by atoms with Gasteiger partial charge in [-0.1, -0.05) is 23.7 Å². The third-order valence-corrected chi connectivity index (χ3v) is 5.00. The number of fused-ring (bicyclic) bond motifs is 1. The maximum Gasteiger partial charge on any atom is 0.142 e. The van der Waals surface area contributed by atoms with Gasteiger partial charge in [-0.15, -0.1) is 0 Å². The van der Waals surface area contributed by atoms with Gasteiger partial charge >= 0.3 is 0 Å². The van der Waals surface area contributed by atoms with Crippen molar-refractivity contribution in [3.05, 3.63) is 41.6 Å². The quantitative estimate of drug-likeness (QED) is 0.717. The molecule has 1 aliphatic heterocycles. The van der Waals surface area contributed by atoms with Gasteiger partial charge in [0.05, 0.1) is 22.7 Å². The minimum absolute atomic E-state index is 0.0988. The number of anilines is 1. The second-order valence-electron chi connectivity index (χ2n) is 6.26. The fourth-order valence-electron chi connectivity index (χ4n) is 3.33. The highest BCUT2D eigenvalue weighted by Gasteiger charge is 2.24. The number of alkyl halides is 1. The number of hydrogen-bond acceptors (Lipinski definition) is 3. The molecule has 0 aliphatic carbocycles. The first-order valence-corrected chi connectivity index (χ1v) is 8.43. The number of aromatic nitrogens is 3. The van der Waals surface area contributed by atoms with Gasteiger partial charge in [0.15, 0.2) is 0 Å². The Bertz CT molecular complexity index is 892. The summed E-state index contributed by atoms with van der Waals surface area (Å²) in [6.45, 7) is 1.25. The molecule has 3 heterocycles. The number of para-hydroxylation sites is 2. The molecule has 2 aromatic heterocycles. The van der Waals surface area contributed by atoms with E-state index in [1.54, 1.807) is 6.20 Å². The summed E-state index contributed by atoms with van der Waals surface area (Å²) in [5.41, 5.74) is 2.84. The SMILES string of the molecule is Cn1c(-c2cc(N3CCC(CF)C3)ncc2Cl)nc2ccccc21. The molecule has 124 valence electrons. The van der Waals surface area contributed by atoms with E-state index in [0.29, 0.717) is 11.6 Å². The van der Waals surface area contributed by atoms with Gasteiger partial charge < -0.3 is 9.47 Å². The molecule has 1 saturated heterocycles. The van der Waals surface area contributed by atoms with Crippen LogP contribution in [0.25, 0.3) is 22.4 Å². The van der Waals surface area contributed by atoms with Gasteiger partial charge in [0, 0.05) is 37.8 Å². The van der Waals surface area contributed by atoms with Gasteiger partial charge in [-0.25, -0.2) is 9.97 Å². The van der Waals surface area contributed by atoms with Crippen molar-refractivity contribution in [1.82, 2.24) is 14.5 Å². The molecule has 0 bridgehead atoms. The van der Waals surface area contributed by atoms with Gasteiger partial charge in [0.25, 0.3) is 0 Å². The lowest BCUT2D eigenvalue weighted by molar-refractivity contribution is 0.384. The van der Waals surface area contributed by atoms with Crippen LogP contribution in [-0.2, 0) is 7.05 Å². The zero-order valence-electron chi connectivity index (χ0n) is 13.4. The van der Waals surface area contributed by atoms with E-state index in [0.717, 1.165) is 41.2 Å². The zero-order valence-corrected chi connectivity index (χ0v) is 14.2. The van der Waals surface area contributed by atoms with Crippen molar-refractivity contribution < 1.29 is 4.39 Å². The van der Waals surface area contributed by atoms with Crippen LogP contribution in [0.1, 0.15) is 6.42 Å². The van der Waals surface area contributed by atoms with Crippen LogP contribution in [0.2, 0.25) is 5.02 Å². The molecule has 24 heavy (non-hydrogen) atoms. The molecule has 1 atom stereocenters. The van der Waals surface area contributed by atoms with E-state index in [9.17, 15) is 4.39 Å². The Labute approximate surface area is 144 Å². The van der Waals surface area contributed by atoms with Crippen molar-refractivity contribution in [3.8, 4) is 11.4 Å². The van der Waals surface area contributed by atoms with E-state index >= 15 is 0 Å². The Balaban J connectivity index is 1.77. The number of pyridine rings is 1. The Morgan fingerprint density at radius 2 is 2.17 bits per heavy atom. The topological polar surface area (TPSA) is 34.0 Å². The van der Waals surface area contributed by atoms with E-state index in [-0.39, 0.29) is 12.6 Å². The Kier molecular flexibility index (Phi) is 3.88. The average molecular weight is 345 g/mol. The van der Waals surface area contributed by atoms with E-state index in [1.165, 1.54) is 0 Å². The van der Waals surface area contributed by atoms with Gasteiger partial charge in [0.2, 0.25) is 0 Å². The molecule has 1 fully saturated rings. The van der Waals surface area contributed by atoms with Crippen LogP contribution in [-0.4, -0.2) is 34.3 Å². The molecule has 1 unspecified atom stereocenters. The Hall–Kier alpha value is -2.14. The van der Waals surface area contributed by atoms with E-state index < -0.39 is 0 Å². The molecule has 1 aliphatic rings. The van der Waals surface area contributed by atoms with Crippen LogP contribution in [0.4, 0.5) is 10.2 Å². The molecular weight excluding hydrogens is 327 g/mol. The molecule has 3 aromatic rings. The highest BCUT2D eigenvalue weighted by molar-refractivity contribution is 6.33. The molecule has 0 amide bonds. The number of hydrogen-bond donors (Lipinski definition) is 0. The van der Waals surface area contributed by atoms with Gasteiger partial charge in [-0.2, -0.15) is 0 Å². The van der Waals surface area contributed by atoms with Crippen molar-refractivity contribution in [1.29, 1.82) is 0 Å². The first kappa shape index (κ1) is 15.4. The molecule has 0 spiro atoms. The number of nitrogens with zero attached hydrogens (tertiary/aromatic N) is 4. The second-order valence-corrected chi connectivity index (χ2v) is 6.67. The maximum atomic E-state index is 12.9. The van der Waals surface area contributed by atoms with Crippen molar-refractivity contribution in [2.75, 3.05) is 24.7 Å². The number of imidazole rings is 1.